The van der Waals surface area contributed by atoms with Crippen molar-refractivity contribution in [3.05, 3.63) is 76.0 Å². The molecule has 8 nitrogen and oxygen atoms in total. The van der Waals surface area contributed by atoms with Crippen molar-refractivity contribution in [3.63, 3.8) is 0 Å². The molecule has 1 fully saturated rings. The quantitative estimate of drug-likeness (QED) is 0.443. The Hall–Kier alpha value is -3.85. The van der Waals surface area contributed by atoms with Gasteiger partial charge in [0.25, 0.3) is 5.91 Å². The maximum Gasteiger partial charge on any atom is 0.263 e. The Kier molecular flexibility index (Phi) is 5.70. The fourth-order valence-electron chi connectivity index (χ4n) is 4.06. The summed E-state index contributed by atoms with van der Waals surface area (Å²) in [5.41, 5.74) is 4.86. The van der Waals surface area contributed by atoms with Gasteiger partial charge in [-0.15, -0.1) is 10.2 Å². The Morgan fingerprint density at radius 2 is 1.88 bits per heavy atom. The van der Waals surface area contributed by atoms with Crippen molar-refractivity contribution in [2.45, 2.75) is 33.1 Å². The number of aromatic nitrogens is 3. The van der Waals surface area contributed by atoms with Crippen molar-refractivity contribution < 1.29 is 14.1 Å². The molecular weight excluding hydrogens is 450 g/mol. The van der Waals surface area contributed by atoms with Gasteiger partial charge in [-0.05, 0) is 44.0 Å². The van der Waals surface area contributed by atoms with Crippen molar-refractivity contribution >= 4 is 34.0 Å². The zero-order valence-electron chi connectivity index (χ0n) is 19.0. The summed E-state index contributed by atoms with van der Waals surface area (Å²) in [5.74, 6) is 0.0437. The van der Waals surface area contributed by atoms with Gasteiger partial charge >= 0.3 is 0 Å². The molecule has 34 heavy (non-hydrogen) atoms. The van der Waals surface area contributed by atoms with Crippen molar-refractivity contribution in [2.75, 3.05) is 16.8 Å². The van der Waals surface area contributed by atoms with E-state index in [9.17, 15) is 9.59 Å². The molecule has 0 unspecified atom stereocenters. The molecule has 0 spiro atoms. The molecule has 1 atom stereocenters. The fourth-order valence-corrected chi connectivity index (χ4v) is 4.89. The van der Waals surface area contributed by atoms with Gasteiger partial charge in [-0.25, -0.2) is 0 Å². The molecule has 0 radical (unpaired) electrons. The lowest BCUT2D eigenvalue weighted by Gasteiger charge is -2.17. The highest BCUT2D eigenvalue weighted by molar-refractivity contribution is 7.15. The molecular formula is C25H23N5O3S. The maximum atomic E-state index is 13.0. The van der Waals surface area contributed by atoms with E-state index in [0.717, 1.165) is 21.8 Å². The van der Waals surface area contributed by atoms with Gasteiger partial charge in [-0.2, -0.15) is 0 Å². The van der Waals surface area contributed by atoms with Gasteiger partial charge in [0.2, 0.25) is 11.0 Å². The number of nitrogens with one attached hydrogen (secondary N) is 1. The molecule has 1 aliphatic rings. The number of anilines is 2. The predicted octanol–water partition coefficient (Wildman–Crippen LogP) is 4.89. The van der Waals surface area contributed by atoms with Crippen LogP contribution < -0.4 is 10.2 Å². The first-order valence-corrected chi connectivity index (χ1v) is 11.8. The normalized spacial score (nSPS) is 15.7. The third-order valence-corrected chi connectivity index (χ3v) is 7.08. The van der Waals surface area contributed by atoms with Gasteiger partial charge < -0.3 is 9.42 Å². The molecule has 1 saturated heterocycles. The number of carbonyl (C=O) groups is 2. The zero-order chi connectivity index (χ0) is 23.8. The smallest absolute Gasteiger partial charge is 0.263 e. The van der Waals surface area contributed by atoms with Gasteiger partial charge in [0.05, 0.1) is 0 Å². The summed E-state index contributed by atoms with van der Waals surface area (Å²) in [5, 5.41) is 16.4. The summed E-state index contributed by atoms with van der Waals surface area (Å²) in [6.07, 6.45) is 0.360. The van der Waals surface area contributed by atoms with E-state index in [4.69, 9.17) is 4.52 Å². The minimum Gasteiger partial charge on any atom is -0.360 e. The standard InChI is InChI=1S/C25H23N5O3S/c1-14-9-10-19(11-15(14)2)30-13-18(12-20(30)31)24-27-28-25(34-24)26-23(32)21-16(3)33-29-22(21)17-7-5-4-6-8-17/h4-11,18H,12-13H2,1-3H3,(H,26,28,32)/t18-/m0/s1. The second kappa shape index (κ2) is 8.83. The Morgan fingerprint density at radius 1 is 1.09 bits per heavy atom. The lowest BCUT2D eigenvalue weighted by molar-refractivity contribution is -0.117. The molecule has 2 aromatic heterocycles. The van der Waals surface area contributed by atoms with Crippen LogP contribution in [0.25, 0.3) is 11.3 Å². The van der Waals surface area contributed by atoms with Gasteiger partial charge in [-0.3, -0.25) is 14.9 Å². The monoisotopic (exact) mass is 473 g/mol. The van der Waals surface area contributed by atoms with Crippen LogP contribution in [0.5, 0.6) is 0 Å². The van der Waals surface area contributed by atoms with E-state index in [1.165, 1.54) is 16.9 Å². The van der Waals surface area contributed by atoms with E-state index >= 15 is 0 Å². The first-order valence-electron chi connectivity index (χ1n) is 10.9. The average molecular weight is 474 g/mol. The second-order valence-corrected chi connectivity index (χ2v) is 9.41. The summed E-state index contributed by atoms with van der Waals surface area (Å²) >= 11 is 1.28. The number of nitrogens with zero attached hydrogens (tertiary/aromatic N) is 4. The van der Waals surface area contributed by atoms with E-state index in [0.29, 0.717) is 35.1 Å². The van der Waals surface area contributed by atoms with Crippen molar-refractivity contribution in [3.8, 4) is 11.3 Å². The first kappa shape index (κ1) is 22.0. The Balaban J connectivity index is 1.32. The van der Waals surface area contributed by atoms with Crippen molar-refractivity contribution in [1.82, 2.24) is 15.4 Å². The Labute approximate surface area is 200 Å². The molecule has 4 aromatic rings. The molecule has 2 amide bonds. The molecule has 0 bridgehead atoms. The van der Waals surface area contributed by atoms with E-state index < -0.39 is 0 Å². The van der Waals surface area contributed by atoms with Crippen LogP contribution in [0.4, 0.5) is 10.8 Å². The molecule has 172 valence electrons. The number of aryl methyl sites for hydroxylation is 3. The topological polar surface area (TPSA) is 101 Å². The minimum absolute atomic E-state index is 0.0571. The highest BCUT2D eigenvalue weighted by atomic mass is 32.1. The van der Waals surface area contributed by atoms with Crippen LogP contribution in [-0.2, 0) is 4.79 Å². The molecule has 3 heterocycles. The minimum atomic E-state index is -0.362. The fraction of sp³-hybridized carbons (Fsp3) is 0.240. The van der Waals surface area contributed by atoms with E-state index in [-0.39, 0.29) is 17.7 Å². The number of hydrogen-bond acceptors (Lipinski definition) is 7. The second-order valence-electron chi connectivity index (χ2n) is 8.40. The van der Waals surface area contributed by atoms with Crippen LogP contribution >= 0.6 is 11.3 Å². The molecule has 9 heteroatoms. The third kappa shape index (κ3) is 4.10. The summed E-state index contributed by atoms with van der Waals surface area (Å²) in [7, 11) is 0. The summed E-state index contributed by atoms with van der Waals surface area (Å²) < 4.78 is 5.29. The largest absolute Gasteiger partial charge is 0.360 e. The van der Waals surface area contributed by atoms with Crippen LogP contribution in [0.1, 0.15) is 44.6 Å². The van der Waals surface area contributed by atoms with Crippen molar-refractivity contribution in [2.24, 2.45) is 0 Å². The van der Waals surface area contributed by atoms with Crippen LogP contribution in [0.15, 0.2) is 53.1 Å². The summed E-state index contributed by atoms with van der Waals surface area (Å²) in [6, 6.07) is 15.4. The highest BCUT2D eigenvalue weighted by Gasteiger charge is 2.34. The van der Waals surface area contributed by atoms with Crippen LogP contribution in [-0.4, -0.2) is 33.7 Å². The number of rotatable bonds is 5. The molecule has 1 aliphatic heterocycles. The van der Waals surface area contributed by atoms with E-state index in [1.807, 2.05) is 55.5 Å². The average Bonchev–Trinajstić information content (AvgIpc) is 3.55. The third-order valence-electron chi connectivity index (χ3n) is 6.07. The highest BCUT2D eigenvalue weighted by Crippen LogP contribution is 2.35. The van der Waals surface area contributed by atoms with E-state index in [1.54, 1.807) is 11.8 Å². The number of benzene rings is 2. The summed E-state index contributed by atoms with van der Waals surface area (Å²) in [4.78, 5) is 27.5. The zero-order valence-corrected chi connectivity index (χ0v) is 19.8. The van der Waals surface area contributed by atoms with Crippen LogP contribution in [0.2, 0.25) is 0 Å². The first-order chi connectivity index (χ1) is 16.4. The lowest BCUT2D eigenvalue weighted by Crippen LogP contribution is -2.24. The Bertz CT molecular complexity index is 1380. The van der Waals surface area contributed by atoms with Gasteiger partial charge in [-0.1, -0.05) is 52.9 Å². The molecule has 1 N–H and O–H groups in total. The van der Waals surface area contributed by atoms with Gasteiger partial charge in [0.15, 0.2) is 0 Å². The van der Waals surface area contributed by atoms with Crippen LogP contribution in [0, 0.1) is 20.8 Å². The summed E-state index contributed by atoms with van der Waals surface area (Å²) in [6.45, 7) is 6.32. The maximum absolute atomic E-state index is 13.0. The van der Waals surface area contributed by atoms with Crippen molar-refractivity contribution in [1.29, 1.82) is 0 Å². The number of hydrogen-bond donors (Lipinski definition) is 1. The SMILES string of the molecule is Cc1ccc(N2C[C@@H](c3nnc(NC(=O)c4c(-c5ccccc5)noc4C)s3)CC2=O)cc1C. The molecule has 0 saturated carbocycles. The lowest BCUT2D eigenvalue weighted by atomic mass is 10.1. The molecule has 2 aromatic carbocycles. The van der Waals surface area contributed by atoms with Crippen LogP contribution in [0.3, 0.4) is 0 Å². The van der Waals surface area contributed by atoms with Gasteiger partial charge in [0.1, 0.15) is 22.0 Å². The Morgan fingerprint density at radius 3 is 2.65 bits per heavy atom. The number of amides is 2. The molecule has 5 rings (SSSR count). The molecule has 0 aliphatic carbocycles. The predicted molar refractivity (Wildman–Crippen MR) is 130 cm³/mol. The number of carbonyl (C=O) groups excluding carboxylic acids is 2. The van der Waals surface area contributed by atoms with E-state index in [2.05, 4.69) is 27.6 Å². The van der Waals surface area contributed by atoms with Gasteiger partial charge in [0, 0.05) is 30.1 Å².